The maximum Gasteiger partial charge on any atom is 0.218 e. The molecule has 2 aromatic rings. The Morgan fingerprint density at radius 1 is 1.08 bits per heavy atom. The Hall–Kier alpha value is -1.57. The highest BCUT2D eigenvalue weighted by atomic mass is 79.9. The van der Waals surface area contributed by atoms with Crippen molar-refractivity contribution in [2.45, 2.75) is 18.7 Å². The molecular weight excluding hydrogens is 394 g/mol. The first-order valence-corrected chi connectivity index (χ1v) is 9.66. The van der Waals surface area contributed by atoms with E-state index in [0.29, 0.717) is 11.5 Å². The number of benzene rings is 2. The van der Waals surface area contributed by atoms with Gasteiger partial charge < -0.3 is 9.47 Å². The lowest BCUT2D eigenvalue weighted by atomic mass is 10.2. The van der Waals surface area contributed by atoms with Crippen LogP contribution in [-0.4, -0.2) is 22.6 Å². The number of sulfonamides is 1. The number of halogens is 1. The average Bonchev–Trinajstić information content (AvgIpc) is 2.59. The standard InChI is InChI=1S/C17H20BrNO4S/c1-12(13-4-7-15(18)8-5-13)24(20,21)19-11-14-6-9-16(22-2)10-17(14)23-3/h4-10,12,19H,11H2,1-3H3/t12-/m1/s1. The van der Waals surface area contributed by atoms with E-state index >= 15 is 0 Å². The summed E-state index contributed by atoms with van der Waals surface area (Å²) < 4.78 is 39.0. The van der Waals surface area contributed by atoms with Crippen molar-refractivity contribution in [2.24, 2.45) is 0 Å². The first-order chi connectivity index (χ1) is 11.4. The normalized spacial score (nSPS) is 12.7. The molecule has 130 valence electrons. The number of rotatable bonds is 7. The van der Waals surface area contributed by atoms with Crippen molar-refractivity contribution >= 4 is 26.0 Å². The molecule has 0 aliphatic carbocycles. The highest BCUT2D eigenvalue weighted by Crippen LogP contribution is 2.26. The molecule has 0 aliphatic heterocycles. The van der Waals surface area contributed by atoms with Gasteiger partial charge in [0.1, 0.15) is 11.5 Å². The van der Waals surface area contributed by atoms with Crippen LogP contribution in [0.15, 0.2) is 46.9 Å². The zero-order valence-electron chi connectivity index (χ0n) is 13.7. The number of ether oxygens (including phenoxy) is 2. The van der Waals surface area contributed by atoms with Gasteiger partial charge in [0, 0.05) is 22.6 Å². The lowest BCUT2D eigenvalue weighted by molar-refractivity contribution is 0.390. The Balaban J connectivity index is 2.14. The van der Waals surface area contributed by atoms with Crippen LogP contribution >= 0.6 is 15.9 Å². The summed E-state index contributed by atoms with van der Waals surface area (Å²) in [5, 5.41) is -0.658. The molecule has 0 heterocycles. The predicted molar refractivity (Wildman–Crippen MR) is 97.9 cm³/mol. The lowest BCUT2D eigenvalue weighted by Gasteiger charge is -2.16. The quantitative estimate of drug-likeness (QED) is 0.752. The van der Waals surface area contributed by atoms with E-state index in [2.05, 4.69) is 20.7 Å². The lowest BCUT2D eigenvalue weighted by Crippen LogP contribution is -2.27. The zero-order chi connectivity index (χ0) is 17.7. The number of hydrogen-bond acceptors (Lipinski definition) is 4. The number of hydrogen-bond donors (Lipinski definition) is 1. The summed E-state index contributed by atoms with van der Waals surface area (Å²) in [5.74, 6) is 1.23. The minimum atomic E-state index is -3.52. The van der Waals surface area contributed by atoms with Gasteiger partial charge in [0.05, 0.1) is 19.5 Å². The third-order valence-electron chi connectivity index (χ3n) is 3.76. The van der Waals surface area contributed by atoms with Crippen molar-refractivity contribution in [1.82, 2.24) is 4.72 Å². The van der Waals surface area contributed by atoms with Gasteiger partial charge in [0.15, 0.2) is 0 Å². The second-order valence-corrected chi connectivity index (χ2v) is 8.24. The molecule has 0 bridgehead atoms. The minimum Gasteiger partial charge on any atom is -0.497 e. The van der Waals surface area contributed by atoms with E-state index in [4.69, 9.17) is 9.47 Å². The molecule has 0 amide bonds. The summed E-state index contributed by atoms with van der Waals surface area (Å²) in [7, 11) is -0.412. The summed E-state index contributed by atoms with van der Waals surface area (Å²) >= 11 is 3.34. The smallest absolute Gasteiger partial charge is 0.218 e. The Bertz CT molecular complexity index is 791. The molecule has 0 aromatic heterocycles. The van der Waals surface area contributed by atoms with Gasteiger partial charge in [-0.25, -0.2) is 13.1 Å². The van der Waals surface area contributed by atoms with Crippen LogP contribution in [0.25, 0.3) is 0 Å². The number of methoxy groups -OCH3 is 2. The molecule has 1 atom stereocenters. The van der Waals surface area contributed by atoms with E-state index in [-0.39, 0.29) is 6.54 Å². The molecule has 2 aromatic carbocycles. The van der Waals surface area contributed by atoms with Crippen molar-refractivity contribution < 1.29 is 17.9 Å². The molecule has 0 spiro atoms. The largest absolute Gasteiger partial charge is 0.497 e. The molecule has 0 fully saturated rings. The molecule has 2 rings (SSSR count). The van der Waals surface area contributed by atoms with E-state index < -0.39 is 15.3 Å². The maximum absolute atomic E-state index is 12.5. The third kappa shape index (κ3) is 4.49. The number of nitrogens with one attached hydrogen (secondary N) is 1. The molecule has 0 aliphatic rings. The van der Waals surface area contributed by atoms with Crippen molar-refractivity contribution in [3.8, 4) is 11.5 Å². The molecule has 0 radical (unpaired) electrons. The van der Waals surface area contributed by atoms with Crippen molar-refractivity contribution in [1.29, 1.82) is 0 Å². The highest BCUT2D eigenvalue weighted by Gasteiger charge is 2.22. The van der Waals surface area contributed by atoms with Crippen LogP contribution in [0.1, 0.15) is 23.3 Å². The Labute approximate surface area is 151 Å². The Morgan fingerprint density at radius 3 is 2.33 bits per heavy atom. The SMILES string of the molecule is COc1ccc(CNS(=O)(=O)[C@H](C)c2ccc(Br)cc2)c(OC)c1. The van der Waals surface area contributed by atoms with Crippen LogP contribution in [0.5, 0.6) is 11.5 Å². The van der Waals surface area contributed by atoms with Crippen LogP contribution in [0, 0.1) is 0 Å². The van der Waals surface area contributed by atoms with Crippen LogP contribution in [0.3, 0.4) is 0 Å². The molecule has 0 saturated heterocycles. The molecular formula is C17H20BrNO4S. The summed E-state index contributed by atoms with van der Waals surface area (Å²) in [6.07, 6.45) is 0. The van der Waals surface area contributed by atoms with Crippen molar-refractivity contribution in [2.75, 3.05) is 14.2 Å². The van der Waals surface area contributed by atoms with Crippen LogP contribution < -0.4 is 14.2 Å². The maximum atomic E-state index is 12.5. The van der Waals surface area contributed by atoms with Gasteiger partial charge in [-0.3, -0.25) is 0 Å². The Kier molecular flexibility index (Phi) is 6.26. The average molecular weight is 414 g/mol. The monoisotopic (exact) mass is 413 g/mol. The zero-order valence-corrected chi connectivity index (χ0v) is 16.1. The van der Waals surface area contributed by atoms with Crippen molar-refractivity contribution in [3.05, 3.63) is 58.1 Å². The fourth-order valence-corrected chi connectivity index (χ4v) is 3.60. The van der Waals surface area contributed by atoms with Gasteiger partial charge in [-0.05, 0) is 30.7 Å². The first-order valence-electron chi connectivity index (χ1n) is 7.32. The van der Waals surface area contributed by atoms with Gasteiger partial charge in [-0.15, -0.1) is 0 Å². The second kappa shape index (κ2) is 8.00. The molecule has 7 heteroatoms. The molecule has 5 nitrogen and oxygen atoms in total. The summed E-state index contributed by atoms with van der Waals surface area (Å²) in [6.45, 7) is 1.81. The molecule has 0 saturated carbocycles. The third-order valence-corrected chi connectivity index (χ3v) is 6.04. The molecule has 24 heavy (non-hydrogen) atoms. The van der Waals surface area contributed by atoms with Gasteiger partial charge in [-0.1, -0.05) is 34.1 Å². The van der Waals surface area contributed by atoms with Gasteiger partial charge in [0.25, 0.3) is 0 Å². The fourth-order valence-electron chi connectivity index (χ4n) is 2.21. The summed E-state index contributed by atoms with van der Waals surface area (Å²) in [6, 6.07) is 12.5. The highest BCUT2D eigenvalue weighted by molar-refractivity contribution is 9.10. The molecule has 1 N–H and O–H groups in total. The van der Waals surface area contributed by atoms with Crippen LogP contribution in [0.2, 0.25) is 0 Å². The summed E-state index contributed by atoms with van der Waals surface area (Å²) in [5.41, 5.74) is 1.47. The topological polar surface area (TPSA) is 64.6 Å². The van der Waals surface area contributed by atoms with Gasteiger partial charge >= 0.3 is 0 Å². The van der Waals surface area contributed by atoms with E-state index in [9.17, 15) is 8.42 Å². The second-order valence-electron chi connectivity index (χ2n) is 5.24. The van der Waals surface area contributed by atoms with E-state index in [1.807, 2.05) is 12.1 Å². The fraction of sp³-hybridized carbons (Fsp3) is 0.294. The van der Waals surface area contributed by atoms with E-state index in [0.717, 1.165) is 15.6 Å². The summed E-state index contributed by atoms with van der Waals surface area (Å²) in [4.78, 5) is 0. The first kappa shape index (κ1) is 18.8. The minimum absolute atomic E-state index is 0.149. The van der Waals surface area contributed by atoms with Crippen LogP contribution in [0.4, 0.5) is 0 Å². The van der Waals surface area contributed by atoms with E-state index in [1.165, 1.54) is 7.11 Å². The predicted octanol–water partition coefficient (Wildman–Crippen LogP) is 3.65. The van der Waals surface area contributed by atoms with Gasteiger partial charge in [0.2, 0.25) is 10.0 Å². The molecule has 0 unspecified atom stereocenters. The van der Waals surface area contributed by atoms with Gasteiger partial charge in [-0.2, -0.15) is 0 Å². The Morgan fingerprint density at radius 2 is 1.75 bits per heavy atom. The van der Waals surface area contributed by atoms with E-state index in [1.54, 1.807) is 44.4 Å². The van der Waals surface area contributed by atoms with Crippen molar-refractivity contribution in [3.63, 3.8) is 0 Å². The van der Waals surface area contributed by atoms with Crippen LogP contribution in [-0.2, 0) is 16.6 Å².